The van der Waals surface area contributed by atoms with Gasteiger partial charge in [0.1, 0.15) is 6.10 Å². The van der Waals surface area contributed by atoms with Crippen LogP contribution in [0.1, 0.15) is 5.56 Å². The van der Waals surface area contributed by atoms with Crippen LogP contribution in [0.2, 0.25) is 19.6 Å². The predicted molar refractivity (Wildman–Crippen MR) is 71.7 cm³/mol. The van der Waals surface area contributed by atoms with Gasteiger partial charge in [0.2, 0.25) is 0 Å². The van der Waals surface area contributed by atoms with Gasteiger partial charge in [0.05, 0.1) is 6.07 Å². The fourth-order valence-electron chi connectivity index (χ4n) is 1.40. The van der Waals surface area contributed by atoms with E-state index in [1.807, 2.05) is 24.3 Å². The highest BCUT2D eigenvalue weighted by molar-refractivity contribution is 9.10. The summed E-state index contributed by atoms with van der Waals surface area (Å²) in [6, 6.07) is 10.2. The summed E-state index contributed by atoms with van der Waals surface area (Å²) < 4.78 is 6.84. The molecule has 2 nitrogen and oxygen atoms in total. The van der Waals surface area contributed by atoms with Crippen LogP contribution in [0, 0.1) is 11.3 Å². The first-order valence-corrected chi connectivity index (χ1v) is 9.43. The molecule has 1 aromatic rings. The highest BCUT2D eigenvalue weighted by atomic mass is 79.9. The number of benzene rings is 1. The Kier molecular flexibility index (Phi) is 4.72. The summed E-state index contributed by atoms with van der Waals surface area (Å²) in [4.78, 5) is 0. The Bertz CT molecular complexity index is 395. The zero-order chi connectivity index (χ0) is 12.2. The maximum atomic E-state index is 9.07. The molecule has 1 unspecified atom stereocenters. The van der Waals surface area contributed by atoms with Gasteiger partial charge in [-0.05, 0) is 31.3 Å². The number of hydrogen-bond donors (Lipinski definition) is 0. The summed E-state index contributed by atoms with van der Waals surface area (Å²) in [7, 11) is -1.65. The Morgan fingerprint density at radius 1 is 1.38 bits per heavy atom. The molecule has 1 rings (SSSR count). The number of nitrogens with zero attached hydrogens (tertiary/aromatic N) is 1. The van der Waals surface area contributed by atoms with E-state index in [1.165, 1.54) is 0 Å². The van der Waals surface area contributed by atoms with Gasteiger partial charge < -0.3 is 4.43 Å². The Morgan fingerprint density at radius 2 is 2.00 bits per heavy atom. The molecule has 1 aromatic carbocycles. The first-order chi connectivity index (χ1) is 7.42. The molecule has 1 atom stereocenters. The van der Waals surface area contributed by atoms with E-state index in [1.54, 1.807) is 0 Å². The molecule has 86 valence electrons. The Labute approximate surface area is 106 Å². The molecule has 4 heteroatoms. The second-order valence-electron chi connectivity index (χ2n) is 4.64. The molecule has 0 saturated carbocycles. The Hall–Kier alpha value is -0.633. The lowest BCUT2D eigenvalue weighted by Crippen LogP contribution is -2.32. The number of rotatable bonds is 4. The average Bonchev–Trinajstić information content (AvgIpc) is 2.18. The van der Waals surface area contributed by atoms with Crippen LogP contribution in [-0.2, 0) is 10.8 Å². The van der Waals surface area contributed by atoms with Crippen molar-refractivity contribution in [3.05, 3.63) is 34.3 Å². The van der Waals surface area contributed by atoms with Crippen molar-refractivity contribution in [1.82, 2.24) is 0 Å². The highest BCUT2D eigenvalue weighted by Crippen LogP contribution is 2.19. The third-order valence-electron chi connectivity index (χ3n) is 2.00. The fraction of sp³-hybridized carbons (Fsp3) is 0.417. The summed E-state index contributed by atoms with van der Waals surface area (Å²) in [5, 5.41) is 9.07. The van der Waals surface area contributed by atoms with Crippen molar-refractivity contribution in [2.75, 3.05) is 0 Å². The SMILES string of the molecule is C[Si](C)(C)OC(C#N)Cc1ccccc1Br. The Morgan fingerprint density at radius 3 is 2.50 bits per heavy atom. The quantitative estimate of drug-likeness (QED) is 0.793. The third-order valence-corrected chi connectivity index (χ3v) is 3.77. The summed E-state index contributed by atoms with van der Waals surface area (Å²) in [5.41, 5.74) is 1.12. The lowest BCUT2D eigenvalue weighted by Gasteiger charge is -2.21. The van der Waals surface area contributed by atoms with Crippen LogP contribution >= 0.6 is 15.9 Å². The molecule has 0 aliphatic heterocycles. The first-order valence-electron chi connectivity index (χ1n) is 5.23. The van der Waals surface area contributed by atoms with Gasteiger partial charge >= 0.3 is 0 Å². The summed E-state index contributed by atoms with van der Waals surface area (Å²) in [6.45, 7) is 6.28. The van der Waals surface area contributed by atoms with Crippen molar-refractivity contribution in [1.29, 1.82) is 5.26 Å². The normalized spacial score (nSPS) is 13.2. The van der Waals surface area contributed by atoms with Gasteiger partial charge in [-0.1, -0.05) is 34.1 Å². The van der Waals surface area contributed by atoms with Gasteiger partial charge in [0.25, 0.3) is 0 Å². The largest absolute Gasteiger partial charge is 0.402 e. The lowest BCUT2D eigenvalue weighted by molar-refractivity contribution is 0.249. The van der Waals surface area contributed by atoms with Crippen molar-refractivity contribution in [3.63, 3.8) is 0 Å². The minimum atomic E-state index is -1.65. The lowest BCUT2D eigenvalue weighted by atomic mass is 10.1. The van der Waals surface area contributed by atoms with Gasteiger partial charge in [0, 0.05) is 10.9 Å². The van der Waals surface area contributed by atoms with Crippen LogP contribution in [0.3, 0.4) is 0 Å². The molecular weight excluding hydrogens is 282 g/mol. The van der Waals surface area contributed by atoms with Crippen LogP contribution < -0.4 is 0 Å². The number of hydrogen-bond acceptors (Lipinski definition) is 2. The molecule has 0 aliphatic rings. The maximum Gasteiger partial charge on any atom is 0.185 e. The Balaban J connectivity index is 2.72. The van der Waals surface area contributed by atoms with Gasteiger partial charge in [-0.2, -0.15) is 5.26 Å². The molecule has 0 bridgehead atoms. The second kappa shape index (κ2) is 5.62. The van der Waals surface area contributed by atoms with Crippen LogP contribution in [0.5, 0.6) is 0 Å². The third kappa shape index (κ3) is 4.48. The molecule has 0 radical (unpaired) electrons. The predicted octanol–water partition coefficient (Wildman–Crippen LogP) is 3.74. The van der Waals surface area contributed by atoms with Crippen LogP contribution in [-0.4, -0.2) is 14.4 Å². The zero-order valence-electron chi connectivity index (χ0n) is 9.83. The second-order valence-corrected chi connectivity index (χ2v) is 9.96. The molecule has 0 N–H and O–H groups in total. The minimum Gasteiger partial charge on any atom is -0.402 e. The van der Waals surface area contributed by atoms with Crippen molar-refractivity contribution >= 4 is 24.2 Å². The van der Waals surface area contributed by atoms with Gasteiger partial charge in [0.15, 0.2) is 8.32 Å². The molecule has 0 spiro atoms. The molecule has 0 aliphatic carbocycles. The molecule has 0 aromatic heterocycles. The van der Waals surface area contributed by atoms with E-state index in [0.29, 0.717) is 6.42 Å². The minimum absolute atomic E-state index is 0.342. The van der Waals surface area contributed by atoms with Gasteiger partial charge in [-0.15, -0.1) is 0 Å². The van der Waals surface area contributed by atoms with Crippen LogP contribution in [0.4, 0.5) is 0 Å². The van der Waals surface area contributed by atoms with E-state index in [0.717, 1.165) is 10.0 Å². The smallest absolute Gasteiger partial charge is 0.185 e. The first kappa shape index (κ1) is 13.4. The molecule has 16 heavy (non-hydrogen) atoms. The molecule has 0 saturated heterocycles. The van der Waals surface area contributed by atoms with E-state index in [4.69, 9.17) is 9.69 Å². The number of halogens is 1. The number of nitriles is 1. The van der Waals surface area contributed by atoms with E-state index in [2.05, 4.69) is 41.6 Å². The summed E-state index contributed by atoms with van der Waals surface area (Å²) in [6.07, 6.45) is 0.299. The van der Waals surface area contributed by atoms with E-state index >= 15 is 0 Å². The monoisotopic (exact) mass is 297 g/mol. The van der Waals surface area contributed by atoms with Crippen molar-refractivity contribution in [3.8, 4) is 6.07 Å². The highest BCUT2D eigenvalue weighted by Gasteiger charge is 2.21. The topological polar surface area (TPSA) is 33.0 Å². The molecule has 0 heterocycles. The van der Waals surface area contributed by atoms with Crippen molar-refractivity contribution in [2.45, 2.75) is 32.2 Å². The summed E-state index contributed by atoms with van der Waals surface area (Å²) >= 11 is 3.48. The standard InChI is InChI=1S/C12H16BrNOSi/c1-16(2,3)15-11(9-14)8-10-6-4-5-7-12(10)13/h4-7,11H,8H2,1-3H3. The maximum absolute atomic E-state index is 9.07. The van der Waals surface area contributed by atoms with Gasteiger partial charge in [-0.3, -0.25) is 0 Å². The molecule has 0 amide bonds. The zero-order valence-corrected chi connectivity index (χ0v) is 12.4. The molecular formula is C12H16BrNOSi. The van der Waals surface area contributed by atoms with Gasteiger partial charge in [-0.25, -0.2) is 0 Å². The van der Waals surface area contributed by atoms with E-state index < -0.39 is 8.32 Å². The van der Waals surface area contributed by atoms with E-state index in [9.17, 15) is 0 Å². The van der Waals surface area contributed by atoms with Crippen molar-refractivity contribution in [2.24, 2.45) is 0 Å². The van der Waals surface area contributed by atoms with Crippen LogP contribution in [0.25, 0.3) is 0 Å². The van der Waals surface area contributed by atoms with Crippen LogP contribution in [0.15, 0.2) is 28.7 Å². The summed E-state index contributed by atoms with van der Waals surface area (Å²) in [5.74, 6) is 0. The average molecular weight is 298 g/mol. The van der Waals surface area contributed by atoms with E-state index in [-0.39, 0.29) is 6.10 Å². The fourth-order valence-corrected chi connectivity index (χ4v) is 2.84. The molecule has 0 fully saturated rings. The van der Waals surface area contributed by atoms with Crippen molar-refractivity contribution < 1.29 is 4.43 Å².